The maximum Gasteiger partial charge on any atom is 0.251 e. The number of rotatable bonds is 3. The number of anilines is 1. The lowest BCUT2D eigenvalue weighted by atomic mass is 10.3. The summed E-state index contributed by atoms with van der Waals surface area (Å²) in [5.74, 6) is -0.257. The molecule has 0 radical (unpaired) electrons. The van der Waals surface area contributed by atoms with Crippen molar-refractivity contribution < 1.29 is 4.79 Å². The molecule has 0 bridgehead atoms. The molecule has 0 saturated heterocycles. The molecule has 88 valence electrons. The lowest BCUT2D eigenvalue weighted by Gasteiger charge is -2.05. The molecule has 17 heavy (non-hydrogen) atoms. The van der Waals surface area contributed by atoms with Gasteiger partial charge in [-0.3, -0.25) is 9.59 Å². The average molecular weight is 249 g/mol. The van der Waals surface area contributed by atoms with E-state index in [9.17, 15) is 9.59 Å². The van der Waals surface area contributed by atoms with Gasteiger partial charge in [0.2, 0.25) is 5.91 Å². The quantitative estimate of drug-likeness (QED) is 0.890. The van der Waals surface area contributed by atoms with E-state index in [2.05, 4.69) is 10.3 Å². The summed E-state index contributed by atoms with van der Waals surface area (Å²) in [6.07, 6.45) is 3.27. The molecule has 0 unspecified atom stereocenters. The van der Waals surface area contributed by atoms with Gasteiger partial charge in [-0.25, -0.2) is 4.98 Å². The monoisotopic (exact) mass is 249 g/mol. The summed E-state index contributed by atoms with van der Waals surface area (Å²) in [5, 5.41) is 4.94. The highest BCUT2D eigenvalue weighted by molar-refractivity contribution is 7.13. The first-order valence-corrected chi connectivity index (χ1v) is 5.89. The summed E-state index contributed by atoms with van der Waals surface area (Å²) in [5.41, 5.74) is 0.747. The molecule has 0 atom stereocenters. The van der Waals surface area contributed by atoms with Crippen LogP contribution in [-0.2, 0) is 11.3 Å². The Kier molecular flexibility index (Phi) is 3.34. The molecule has 0 spiro atoms. The van der Waals surface area contributed by atoms with Gasteiger partial charge in [-0.15, -0.1) is 11.3 Å². The van der Waals surface area contributed by atoms with Gasteiger partial charge in [-0.05, 0) is 12.5 Å². The summed E-state index contributed by atoms with van der Waals surface area (Å²) < 4.78 is 1.37. The summed E-state index contributed by atoms with van der Waals surface area (Å²) >= 11 is 1.34. The van der Waals surface area contributed by atoms with Crippen molar-refractivity contribution in [3.05, 3.63) is 45.8 Å². The molecule has 5 nitrogen and oxygen atoms in total. The summed E-state index contributed by atoms with van der Waals surface area (Å²) in [4.78, 5) is 27.1. The number of thiazole rings is 1. The van der Waals surface area contributed by atoms with Crippen LogP contribution in [0.2, 0.25) is 0 Å². The first kappa shape index (κ1) is 11.5. The number of hydrogen-bond donors (Lipinski definition) is 1. The third-order valence-corrected chi connectivity index (χ3v) is 2.81. The lowest BCUT2D eigenvalue weighted by molar-refractivity contribution is -0.116. The third kappa shape index (κ3) is 3.01. The third-order valence-electron chi connectivity index (χ3n) is 2.12. The van der Waals surface area contributed by atoms with Crippen LogP contribution in [0.4, 0.5) is 5.13 Å². The number of aryl methyl sites for hydroxylation is 1. The molecule has 0 aliphatic heterocycles. The van der Waals surface area contributed by atoms with Gasteiger partial charge in [0.05, 0.1) is 0 Å². The van der Waals surface area contributed by atoms with Gasteiger partial charge in [-0.1, -0.05) is 6.07 Å². The van der Waals surface area contributed by atoms with Gasteiger partial charge in [-0.2, -0.15) is 0 Å². The van der Waals surface area contributed by atoms with Gasteiger partial charge in [0.15, 0.2) is 5.13 Å². The van der Waals surface area contributed by atoms with Crippen molar-refractivity contribution in [2.24, 2.45) is 0 Å². The summed E-state index contributed by atoms with van der Waals surface area (Å²) in [6.45, 7) is 1.87. The maximum absolute atomic E-state index is 11.6. The van der Waals surface area contributed by atoms with E-state index in [-0.39, 0.29) is 18.0 Å². The normalized spacial score (nSPS) is 10.2. The largest absolute Gasteiger partial charge is 0.306 e. The molecular formula is C11H11N3O2S. The molecule has 2 aromatic heterocycles. The molecule has 0 aliphatic carbocycles. The molecular weight excluding hydrogens is 238 g/mol. The van der Waals surface area contributed by atoms with Crippen LogP contribution in [0.1, 0.15) is 5.56 Å². The SMILES string of the molecule is Cc1ccc(=O)n(CC(=O)Nc2nccs2)c1. The van der Waals surface area contributed by atoms with E-state index >= 15 is 0 Å². The summed E-state index contributed by atoms with van der Waals surface area (Å²) in [7, 11) is 0. The zero-order valence-electron chi connectivity index (χ0n) is 9.21. The topological polar surface area (TPSA) is 64.0 Å². The Labute approximate surface area is 102 Å². The number of pyridine rings is 1. The van der Waals surface area contributed by atoms with Crippen molar-refractivity contribution in [3.8, 4) is 0 Å². The van der Waals surface area contributed by atoms with Gasteiger partial charge >= 0.3 is 0 Å². The first-order chi connectivity index (χ1) is 8.15. The van der Waals surface area contributed by atoms with Gasteiger partial charge in [0.25, 0.3) is 5.56 Å². The molecule has 1 N–H and O–H groups in total. The van der Waals surface area contributed by atoms with Crippen LogP contribution in [0.5, 0.6) is 0 Å². The second-order valence-electron chi connectivity index (χ2n) is 3.56. The van der Waals surface area contributed by atoms with Crippen LogP contribution >= 0.6 is 11.3 Å². The standard InChI is InChI=1S/C11H11N3O2S/c1-8-2-3-10(16)14(6-8)7-9(15)13-11-12-4-5-17-11/h2-6H,7H2,1H3,(H,12,13,15). The maximum atomic E-state index is 11.6. The van der Waals surface area contributed by atoms with Crippen LogP contribution in [0.3, 0.4) is 0 Å². The second-order valence-corrected chi connectivity index (χ2v) is 4.45. The molecule has 6 heteroatoms. The minimum atomic E-state index is -0.257. The molecule has 2 rings (SSSR count). The van der Waals surface area contributed by atoms with Crippen LogP contribution in [0.25, 0.3) is 0 Å². The van der Waals surface area contributed by atoms with Crippen molar-refractivity contribution in [2.45, 2.75) is 13.5 Å². The van der Waals surface area contributed by atoms with E-state index in [0.717, 1.165) is 5.56 Å². The number of amides is 1. The smallest absolute Gasteiger partial charge is 0.251 e. The van der Waals surface area contributed by atoms with E-state index < -0.39 is 0 Å². The first-order valence-electron chi connectivity index (χ1n) is 5.01. The predicted octanol–water partition coefficient (Wildman–Crippen LogP) is 1.25. The van der Waals surface area contributed by atoms with Gasteiger partial charge in [0, 0.05) is 23.8 Å². The Morgan fingerprint density at radius 2 is 2.35 bits per heavy atom. The zero-order valence-corrected chi connectivity index (χ0v) is 10.0. The predicted molar refractivity (Wildman–Crippen MR) is 66.2 cm³/mol. The Hall–Kier alpha value is -1.95. The van der Waals surface area contributed by atoms with Crippen LogP contribution in [-0.4, -0.2) is 15.5 Å². The van der Waals surface area contributed by atoms with Gasteiger partial charge < -0.3 is 9.88 Å². The van der Waals surface area contributed by atoms with Crippen molar-refractivity contribution >= 4 is 22.4 Å². The molecule has 0 aliphatic rings. The highest BCUT2D eigenvalue weighted by atomic mass is 32.1. The number of nitrogens with zero attached hydrogens (tertiary/aromatic N) is 2. The fourth-order valence-electron chi connectivity index (χ4n) is 1.37. The van der Waals surface area contributed by atoms with Crippen LogP contribution < -0.4 is 10.9 Å². The minimum absolute atomic E-state index is 0.0000926. The zero-order chi connectivity index (χ0) is 12.3. The number of aromatic nitrogens is 2. The lowest BCUT2D eigenvalue weighted by Crippen LogP contribution is -2.26. The number of carbonyl (C=O) groups excluding carboxylic acids is 1. The Balaban J connectivity index is 2.08. The Morgan fingerprint density at radius 3 is 3.06 bits per heavy atom. The molecule has 0 aromatic carbocycles. The van der Waals surface area contributed by atoms with E-state index in [1.165, 1.54) is 22.0 Å². The Bertz CT molecular complexity index is 575. The molecule has 1 amide bonds. The molecule has 0 saturated carbocycles. The van der Waals surface area contributed by atoms with E-state index in [0.29, 0.717) is 5.13 Å². The van der Waals surface area contributed by atoms with Crippen LogP contribution in [0, 0.1) is 6.92 Å². The van der Waals surface area contributed by atoms with Crippen molar-refractivity contribution in [2.75, 3.05) is 5.32 Å². The van der Waals surface area contributed by atoms with Crippen molar-refractivity contribution in [1.29, 1.82) is 0 Å². The summed E-state index contributed by atoms with van der Waals surface area (Å²) in [6, 6.07) is 3.17. The fourth-order valence-corrected chi connectivity index (χ4v) is 1.92. The number of hydrogen-bond acceptors (Lipinski definition) is 4. The van der Waals surface area contributed by atoms with E-state index in [1.807, 2.05) is 6.92 Å². The number of nitrogens with one attached hydrogen (secondary N) is 1. The molecule has 0 fully saturated rings. The fraction of sp³-hybridized carbons (Fsp3) is 0.182. The van der Waals surface area contributed by atoms with Gasteiger partial charge in [0.1, 0.15) is 6.54 Å². The highest BCUT2D eigenvalue weighted by Gasteiger charge is 2.06. The Morgan fingerprint density at radius 1 is 1.53 bits per heavy atom. The number of carbonyl (C=O) groups is 1. The van der Waals surface area contributed by atoms with Crippen molar-refractivity contribution in [3.63, 3.8) is 0 Å². The van der Waals surface area contributed by atoms with E-state index in [1.54, 1.807) is 23.8 Å². The van der Waals surface area contributed by atoms with Crippen LogP contribution in [0.15, 0.2) is 34.7 Å². The second kappa shape index (κ2) is 4.92. The highest BCUT2D eigenvalue weighted by Crippen LogP contribution is 2.09. The van der Waals surface area contributed by atoms with E-state index in [4.69, 9.17) is 0 Å². The molecule has 2 heterocycles. The minimum Gasteiger partial charge on any atom is -0.306 e. The average Bonchev–Trinajstić information content (AvgIpc) is 2.76. The van der Waals surface area contributed by atoms with Crippen molar-refractivity contribution in [1.82, 2.24) is 9.55 Å². The molecule has 2 aromatic rings.